The highest BCUT2D eigenvalue weighted by Gasteiger charge is 2.15. The highest BCUT2D eigenvalue weighted by molar-refractivity contribution is 5.79. The van der Waals surface area contributed by atoms with Gasteiger partial charge < -0.3 is 4.57 Å². The molecule has 1 radical (unpaired) electrons. The molecular weight excluding hydrogens is 258 g/mol. The highest BCUT2D eigenvalue weighted by Crippen LogP contribution is 2.26. The number of benzene rings is 2. The van der Waals surface area contributed by atoms with Crippen LogP contribution in [0.2, 0.25) is 0 Å². The summed E-state index contributed by atoms with van der Waals surface area (Å²) < 4.78 is 2.11. The lowest BCUT2D eigenvalue weighted by Crippen LogP contribution is -2.10. The second kappa shape index (κ2) is 6.18. The molecule has 1 heterocycles. The molecule has 0 saturated heterocycles. The molecule has 0 saturated carbocycles. The van der Waals surface area contributed by atoms with Crippen molar-refractivity contribution >= 4 is 6.21 Å². The number of hydrogen-bond acceptors (Lipinski definition) is 2. The van der Waals surface area contributed by atoms with Gasteiger partial charge in [-0.3, -0.25) is 4.99 Å². The molecule has 1 aromatic heterocycles. The van der Waals surface area contributed by atoms with E-state index in [1.165, 1.54) is 11.1 Å². The maximum absolute atomic E-state index is 4.18. The molecule has 103 valence electrons. The Balaban J connectivity index is 2.10. The largest absolute Gasteiger partial charge is 0.326 e. The summed E-state index contributed by atoms with van der Waals surface area (Å²) in [6, 6.07) is 19.9. The zero-order valence-electron chi connectivity index (χ0n) is 11.8. The van der Waals surface area contributed by atoms with Crippen molar-refractivity contribution in [2.24, 2.45) is 4.99 Å². The first-order chi connectivity index (χ1) is 10.4. The van der Waals surface area contributed by atoms with Crippen molar-refractivity contribution in [3.8, 4) is 0 Å². The first-order valence-electron chi connectivity index (χ1n) is 6.84. The van der Waals surface area contributed by atoms with Gasteiger partial charge in [0.05, 0.1) is 12.4 Å². The molecule has 2 aromatic carbocycles. The van der Waals surface area contributed by atoms with E-state index in [0.29, 0.717) is 0 Å². The van der Waals surface area contributed by atoms with Crippen LogP contribution in [0.3, 0.4) is 0 Å². The second-order valence-corrected chi connectivity index (χ2v) is 4.79. The first kappa shape index (κ1) is 13.3. The van der Waals surface area contributed by atoms with Gasteiger partial charge in [-0.1, -0.05) is 42.5 Å². The molecular formula is C18H16N3. The third-order valence-corrected chi connectivity index (χ3v) is 3.37. The Labute approximate surface area is 124 Å². The first-order valence-corrected chi connectivity index (χ1v) is 6.84. The second-order valence-electron chi connectivity index (χ2n) is 4.79. The molecule has 0 aliphatic carbocycles. The van der Waals surface area contributed by atoms with Gasteiger partial charge in [0.15, 0.2) is 0 Å². The SMILES string of the molecule is CN=Cc1[c]ccc(C(c2ccccc2)n2ccnc2)c1. The lowest BCUT2D eigenvalue weighted by molar-refractivity contribution is 0.676. The van der Waals surface area contributed by atoms with E-state index >= 15 is 0 Å². The normalized spacial score (nSPS) is 12.6. The minimum atomic E-state index is 0.104. The maximum atomic E-state index is 4.18. The molecule has 3 aromatic rings. The van der Waals surface area contributed by atoms with Gasteiger partial charge in [-0.15, -0.1) is 0 Å². The van der Waals surface area contributed by atoms with E-state index in [1.54, 1.807) is 13.2 Å². The van der Waals surface area contributed by atoms with Gasteiger partial charge >= 0.3 is 0 Å². The Hall–Kier alpha value is -2.68. The van der Waals surface area contributed by atoms with Crippen molar-refractivity contribution in [1.29, 1.82) is 0 Å². The van der Waals surface area contributed by atoms with Crippen molar-refractivity contribution in [1.82, 2.24) is 9.55 Å². The number of imidazole rings is 1. The van der Waals surface area contributed by atoms with E-state index in [0.717, 1.165) is 5.56 Å². The van der Waals surface area contributed by atoms with E-state index in [-0.39, 0.29) is 6.04 Å². The van der Waals surface area contributed by atoms with Gasteiger partial charge in [-0.05, 0) is 23.3 Å². The number of hydrogen-bond donors (Lipinski definition) is 0. The van der Waals surface area contributed by atoms with Gasteiger partial charge in [0.1, 0.15) is 0 Å². The molecule has 0 spiro atoms. The fourth-order valence-electron chi connectivity index (χ4n) is 2.48. The predicted molar refractivity (Wildman–Crippen MR) is 84.7 cm³/mol. The molecule has 0 fully saturated rings. The molecule has 0 aliphatic heterocycles. The molecule has 0 N–H and O–H groups in total. The number of nitrogens with zero attached hydrogens (tertiary/aromatic N) is 3. The van der Waals surface area contributed by atoms with E-state index in [4.69, 9.17) is 0 Å². The molecule has 0 bridgehead atoms. The third kappa shape index (κ3) is 2.92. The van der Waals surface area contributed by atoms with Crippen molar-refractivity contribution in [2.75, 3.05) is 7.05 Å². The molecule has 3 heteroatoms. The minimum absolute atomic E-state index is 0.104. The lowest BCUT2D eigenvalue weighted by Gasteiger charge is -2.20. The Morgan fingerprint density at radius 2 is 2.05 bits per heavy atom. The van der Waals surface area contributed by atoms with Crippen LogP contribution in [-0.2, 0) is 0 Å². The van der Waals surface area contributed by atoms with Gasteiger partial charge in [-0.2, -0.15) is 0 Å². The molecule has 21 heavy (non-hydrogen) atoms. The standard InChI is InChI=1S/C18H16N3/c1-19-13-15-6-5-9-17(12-15)18(21-11-10-20-14-21)16-7-3-2-4-8-16/h2-5,7-14,18H,1H3. The maximum Gasteiger partial charge on any atom is 0.0954 e. The minimum Gasteiger partial charge on any atom is -0.326 e. The molecule has 1 unspecified atom stereocenters. The van der Waals surface area contributed by atoms with Gasteiger partial charge in [0.25, 0.3) is 0 Å². The number of rotatable bonds is 4. The van der Waals surface area contributed by atoms with Crippen molar-refractivity contribution in [3.63, 3.8) is 0 Å². The Morgan fingerprint density at radius 3 is 2.76 bits per heavy atom. The Kier molecular flexibility index (Phi) is 3.92. The molecule has 0 aliphatic rings. The summed E-state index contributed by atoms with van der Waals surface area (Å²) in [7, 11) is 1.77. The zero-order chi connectivity index (χ0) is 14.5. The Morgan fingerprint density at radius 1 is 1.19 bits per heavy atom. The number of aromatic nitrogens is 2. The summed E-state index contributed by atoms with van der Waals surface area (Å²) in [4.78, 5) is 8.25. The quantitative estimate of drug-likeness (QED) is 0.671. The topological polar surface area (TPSA) is 30.2 Å². The van der Waals surface area contributed by atoms with Crippen LogP contribution in [0.25, 0.3) is 0 Å². The van der Waals surface area contributed by atoms with Gasteiger partial charge in [-0.25, -0.2) is 4.98 Å². The summed E-state index contributed by atoms with van der Waals surface area (Å²) >= 11 is 0. The van der Waals surface area contributed by atoms with Gasteiger partial charge in [0, 0.05) is 31.2 Å². The molecule has 3 rings (SSSR count). The van der Waals surface area contributed by atoms with E-state index in [1.807, 2.05) is 30.9 Å². The average molecular weight is 274 g/mol. The summed E-state index contributed by atoms with van der Waals surface area (Å²) in [5, 5.41) is 0. The van der Waals surface area contributed by atoms with Crippen LogP contribution in [-0.4, -0.2) is 22.8 Å². The summed E-state index contributed by atoms with van der Waals surface area (Å²) in [6.07, 6.45) is 7.46. The molecule has 3 nitrogen and oxygen atoms in total. The zero-order valence-corrected chi connectivity index (χ0v) is 11.8. The lowest BCUT2D eigenvalue weighted by atomic mass is 9.97. The molecule has 0 amide bonds. The third-order valence-electron chi connectivity index (χ3n) is 3.37. The predicted octanol–water partition coefficient (Wildman–Crippen LogP) is 3.37. The van der Waals surface area contributed by atoms with E-state index in [2.05, 4.69) is 57.0 Å². The van der Waals surface area contributed by atoms with Crippen LogP contribution in [0.4, 0.5) is 0 Å². The molecule has 1 atom stereocenters. The summed E-state index contributed by atoms with van der Waals surface area (Å²) in [5.74, 6) is 0. The highest BCUT2D eigenvalue weighted by atomic mass is 15.0. The van der Waals surface area contributed by atoms with Crippen molar-refractivity contribution < 1.29 is 0 Å². The van der Waals surface area contributed by atoms with Crippen LogP contribution < -0.4 is 0 Å². The monoisotopic (exact) mass is 274 g/mol. The van der Waals surface area contributed by atoms with Gasteiger partial charge in [0.2, 0.25) is 0 Å². The fraction of sp³-hybridized carbons (Fsp3) is 0.111. The fourth-order valence-corrected chi connectivity index (χ4v) is 2.48. The van der Waals surface area contributed by atoms with E-state index in [9.17, 15) is 0 Å². The van der Waals surface area contributed by atoms with Crippen LogP contribution >= 0.6 is 0 Å². The average Bonchev–Trinajstić information content (AvgIpc) is 3.03. The van der Waals surface area contributed by atoms with Crippen LogP contribution in [0.1, 0.15) is 22.7 Å². The van der Waals surface area contributed by atoms with Crippen molar-refractivity contribution in [2.45, 2.75) is 6.04 Å². The van der Waals surface area contributed by atoms with E-state index < -0.39 is 0 Å². The van der Waals surface area contributed by atoms with Crippen LogP contribution in [0.5, 0.6) is 0 Å². The van der Waals surface area contributed by atoms with Crippen LogP contribution in [0, 0.1) is 6.07 Å². The Bertz CT molecular complexity index is 715. The summed E-state index contributed by atoms with van der Waals surface area (Å²) in [5.41, 5.74) is 3.39. The number of aliphatic imine (C=N–C) groups is 1. The smallest absolute Gasteiger partial charge is 0.0954 e. The van der Waals surface area contributed by atoms with Crippen LogP contribution in [0.15, 0.2) is 72.2 Å². The van der Waals surface area contributed by atoms with Crippen molar-refractivity contribution in [3.05, 3.63) is 90.0 Å². The summed E-state index contributed by atoms with van der Waals surface area (Å²) in [6.45, 7) is 0.